The molecule has 0 saturated carbocycles. The van der Waals surface area contributed by atoms with Gasteiger partial charge in [0.15, 0.2) is 23.0 Å². The zero-order chi connectivity index (χ0) is 29.1. The predicted octanol–water partition coefficient (Wildman–Crippen LogP) is 2.21. The molecule has 2 aromatic heterocycles. The summed E-state index contributed by atoms with van der Waals surface area (Å²) in [5.41, 5.74) is 0.0403. The third-order valence-corrected chi connectivity index (χ3v) is 6.43. The molecule has 0 aliphatic rings. The molecule has 2 aromatic carbocycles. The van der Waals surface area contributed by atoms with Gasteiger partial charge in [-0.2, -0.15) is 9.97 Å². The third-order valence-electron chi connectivity index (χ3n) is 6.43. The summed E-state index contributed by atoms with van der Waals surface area (Å²) in [5, 5.41) is 40.5. The number of fused-ring (bicyclic) bond motifs is 2. The molecule has 4 aromatic rings. The van der Waals surface area contributed by atoms with E-state index in [0.29, 0.717) is 41.4 Å². The van der Waals surface area contributed by atoms with Crippen LogP contribution in [-0.4, -0.2) is 51.5 Å². The fourth-order valence-electron chi connectivity index (χ4n) is 4.51. The number of hydrogen-bond donors (Lipinski definition) is 4. The van der Waals surface area contributed by atoms with E-state index in [-0.39, 0.29) is 48.5 Å². The lowest BCUT2D eigenvalue weighted by Gasteiger charge is -2.15. The molecule has 0 saturated heterocycles. The van der Waals surface area contributed by atoms with Gasteiger partial charge in [-0.1, -0.05) is 20.3 Å². The number of esters is 1. The first-order valence-corrected chi connectivity index (χ1v) is 12.7. The minimum atomic E-state index is -1.12. The highest BCUT2D eigenvalue weighted by Gasteiger charge is 2.19. The molecule has 0 fully saturated rings. The SMILES string of the molecule is CCCc1nc(=O)n(CCC(=O)Oc2cc3c(cc2O)c(CC)nc(=O)n3CCC(=O)O)c2cc(O)c(O)cc12. The Labute approximate surface area is 226 Å². The maximum Gasteiger partial charge on any atom is 0.348 e. The first kappa shape index (κ1) is 28.1. The maximum atomic E-state index is 12.8. The summed E-state index contributed by atoms with van der Waals surface area (Å²) in [6.07, 6.45) is 0.845. The standard InChI is InChI=1S/C27H28N4O9/c1-3-5-17-15-10-20(32)21(33)12-18(15)31(27(39)29-17)9-7-25(37)40-23-13-19-14(11-22(23)34)16(4-2)28-26(38)30(19)8-6-24(35)36/h10-13,32-34H,3-9H2,1-2H3,(H,35,36). The van der Waals surface area contributed by atoms with Crippen molar-refractivity contribution in [2.45, 2.75) is 59.0 Å². The fraction of sp³-hybridized carbons (Fsp3) is 0.333. The van der Waals surface area contributed by atoms with Gasteiger partial charge in [-0.15, -0.1) is 0 Å². The maximum absolute atomic E-state index is 12.8. The lowest BCUT2D eigenvalue weighted by atomic mass is 10.1. The summed E-state index contributed by atoms with van der Waals surface area (Å²) in [4.78, 5) is 57.3. The number of hydrogen-bond acceptors (Lipinski definition) is 10. The Bertz CT molecular complexity index is 1760. The summed E-state index contributed by atoms with van der Waals surface area (Å²) in [7, 11) is 0. The normalized spacial score (nSPS) is 11.2. The second kappa shape index (κ2) is 11.4. The van der Waals surface area contributed by atoms with Gasteiger partial charge in [0, 0.05) is 36.0 Å². The van der Waals surface area contributed by atoms with E-state index in [2.05, 4.69) is 9.97 Å². The number of nitrogens with zero attached hydrogens (tertiary/aromatic N) is 4. The molecule has 0 aliphatic carbocycles. The zero-order valence-electron chi connectivity index (χ0n) is 21.9. The Morgan fingerprint density at radius 1 is 0.800 bits per heavy atom. The molecule has 0 bridgehead atoms. The minimum Gasteiger partial charge on any atom is -0.504 e. The third kappa shape index (κ3) is 5.58. The number of aromatic hydroxyl groups is 3. The number of benzene rings is 2. The molecule has 40 heavy (non-hydrogen) atoms. The molecule has 210 valence electrons. The lowest BCUT2D eigenvalue weighted by molar-refractivity contribution is -0.137. The molecule has 4 rings (SSSR count). The van der Waals surface area contributed by atoms with Crippen molar-refractivity contribution < 1.29 is 34.8 Å². The summed E-state index contributed by atoms with van der Waals surface area (Å²) < 4.78 is 7.67. The zero-order valence-corrected chi connectivity index (χ0v) is 21.9. The number of carboxylic acid groups (broad SMARTS) is 1. The largest absolute Gasteiger partial charge is 0.504 e. The van der Waals surface area contributed by atoms with E-state index in [1.54, 1.807) is 6.92 Å². The monoisotopic (exact) mass is 552 g/mol. The quantitative estimate of drug-likeness (QED) is 0.128. The summed E-state index contributed by atoms with van der Waals surface area (Å²) in [5.74, 6) is -3.40. The molecule has 13 nitrogen and oxygen atoms in total. The average Bonchev–Trinajstić information content (AvgIpc) is 2.89. The number of phenolic OH excluding ortho intramolecular Hbond substituents is 3. The van der Waals surface area contributed by atoms with Crippen LogP contribution in [0.4, 0.5) is 0 Å². The topological polar surface area (TPSA) is 194 Å². The van der Waals surface area contributed by atoms with Gasteiger partial charge in [-0.25, -0.2) is 9.59 Å². The van der Waals surface area contributed by atoms with E-state index in [4.69, 9.17) is 9.84 Å². The minimum absolute atomic E-state index is 0.181. The van der Waals surface area contributed by atoms with E-state index in [9.17, 15) is 34.5 Å². The van der Waals surface area contributed by atoms with Crippen molar-refractivity contribution in [1.29, 1.82) is 0 Å². The van der Waals surface area contributed by atoms with Crippen LogP contribution < -0.4 is 16.1 Å². The van der Waals surface area contributed by atoms with E-state index in [1.165, 1.54) is 28.8 Å². The molecule has 0 atom stereocenters. The molecular weight excluding hydrogens is 524 g/mol. The van der Waals surface area contributed by atoms with Crippen LogP contribution in [0.5, 0.6) is 23.0 Å². The van der Waals surface area contributed by atoms with Gasteiger partial charge in [-0.3, -0.25) is 18.7 Å². The van der Waals surface area contributed by atoms with Gasteiger partial charge in [0.1, 0.15) is 0 Å². The molecular formula is C27H28N4O9. The van der Waals surface area contributed by atoms with Crippen molar-refractivity contribution in [3.63, 3.8) is 0 Å². The average molecular weight is 553 g/mol. The van der Waals surface area contributed by atoms with Crippen LogP contribution in [0.1, 0.15) is 44.5 Å². The van der Waals surface area contributed by atoms with Gasteiger partial charge < -0.3 is 25.2 Å². The Kier molecular flexibility index (Phi) is 8.03. The first-order valence-electron chi connectivity index (χ1n) is 12.7. The van der Waals surface area contributed by atoms with Crippen molar-refractivity contribution in [2.75, 3.05) is 0 Å². The fourth-order valence-corrected chi connectivity index (χ4v) is 4.51. The number of rotatable bonds is 10. The van der Waals surface area contributed by atoms with Crippen LogP contribution >= 0.6 is 0 Å². The number of aromatic nitrogens is 4. The highest BCUT2D eigenvalue weighted by Crippen LogP contribution is 2.33. The number of aryl methyl sites for hydroxylation is 4. The number of aliphatic carboxylic acids is 1. The predicted molar refractivity (Wildman–Crippen MR) is 143 cm³/mol. The Morgan fingerprint density at radius 3 is 1.98 bits per heavy atom. The van der Waals surface area contributed by atoms with Crippen LogP contribution in [0, 0.1) is 0 Å². The van der Waals surface area contributed by atoms with E-state index in [1.807, 2.05) is 6.92 Å². The Hall–Kier alpha value is -4.94. The van der Waals surface area contributed by atoms with Crippen LogP contribution in [-0.2, 0) is 35.5 Å². The molecule has 2 heterocycles. The number of phenols is 3. The molecule has 4 N–H and O–H groups in total. The molecule has 0 amide bonds. The second-order valence-corrected chi connectivity index (χ2v) is 9.15. The van der Waals surface area contributed by atoms with E-state index >= 15 is 0 Å². The number of carboxylic acids is 1. The van der Waals surface area contributed by atoms with Gasteiger partial charge in [0.25, 0.3) is 0 Å². The van der Waals surface area contributed by atoms with Gasteiger partial charge in [0.05, 0.1) is 35.3 Å². The van der Waals surface area contributed by atoms with Crippen LogP contribution in [0.25, 0.3) is 21.8 Å². The summed E-state index contributed by atoms with van der Waals surface area (Å²) >= 11 is 0. The van der Waals surface area contributed by atoms with E-state index in [0.717, 1.165) is 4.57 Å². The van der Waals surface area contributed by atoms with Crippen molar-refractivity contribution in [3.05, 3.63) is 56.6 Å². The Morgan fingerprint density at radius 2 is 1.35 bits per heavy atom. The second-order valence-electron chi connectivity index (χ2n) is 9.15. The highest BCUT2D eigenvalue weighted by atomic mass is 16.5. The number of carbonyl (C=O) groups is 2. The van der Waals surface area contributed by atoms with Crippen molar-refractivity contribution >= 4 is 33.7 Å². The number of carbonyl (C=O) groups excluding carboxylic acids is 1. The van der Waals surface area contributed by atoms with Crippen LogP contribution in [0.2, 0.25) is 0 Å². The molecule has 0 unspecified atom stereocenters. The van der Waals surface area contributed by atoms with Gasteiger partial charge >= 0.3 is 23.3 Å². The lowest BCUT2D eigenvalue weighted by Crippen LogP contribution is -2.27. The van der Waals surface area contributed by atoms with Crippen molar-refractivity contribution in [2.24, 2.45) is 0 Å². The molecule has 0 spiro atoms. The van der Waals surface area contributed by atoms with Crippen LogP contribution in [0.15, 0.2) is 33.9 Å². The summed E-state index contributed by atoms with van der Waals surface area (Å²) in [6, 6.07) is 5.11. The molecule has 0 radical (unpaired) electrons. The number of ether oxygens (including phenoxy) is 1. The summed E-state index contributed by atoms with van der Waals surface area (Å²) in [6.45, 7) is 3.31. The molecule has 0 aliphatic heterocycles. The van der Waals surface area contributed by atoms with Gasteiger partial charge in [0.2, 0.25) is 0 Å². The molecule has 13 heteroatoms. The van der Waals surface area contributed by atoms with Crippen LogP contribution in [0.3, 0.4) is 0 Å². The van der Waals surface area contributed by atoms with E-state index < -0.39 is 34.8 Å². The van der Waals surface area contributed by atoms with Crippen molar-refractivity contribution in [3.8, 4) is 23.0 Å². The first-order chi connectivity index (χ1) is 19.0. The Balaban J connectivity index is 1.65. The van der Waals surface area contributed by atoms with Crippen molar-refractivity contribution in [1.82, 2.24) is 19.1 Å². The smallest absolute Gasteiger partial charge is 0.348 e. The van der Waals surface area contributed by atoms with Gasteiger partial charge in [-0.05, 0) is 25.0 Å². The highest BCUT2D eigenvalue weighted by molar-refractivity contribution is 5.87.